The van der Waals surface area contributed by atoms with E-state index in [2.05, 4.69) is 32.1 Å². The molecule has 35 heavy (non-hydrogen) atoms. The van der Waals surface area contributed by atoms with Gasteiger partial charge in [0, 0.05) is 43.6 Å². The number of likely N-dealkylation sites (N-methyl/N-ethyl adjacent to an activating group) is 1. The van der Waals surface area contributed by atoms with Crippen LogP contribution < -0.4 is 26.4 Å². The average Bonchev–Trinajstić information content (AvgIpc) is 2.83. The maximum absolute atomic E-state index is 12.1. The number of ether oxygens (including phenoxy) is 1. The molecule has 3 aromatic rings. The van der Waals surface area contributed by atoms with E-state index in [1.54, 1.807) is 0 Å². The van der Waals surface area contributed by atoms with Gasteiger partial charge in [-0.2, -0.15) is 4.98 Å². The van der Waals surface area contributed by atoms with Crippen LogP contribution in [0.4, 0.5) is 22.9 Å². The zero-order valence-electron chi connectivity index (χ0n) is 19.5. The van der Waals surface area contributed by atoms with E-state index in [-0.39, 0.29) is 28.2 Å². The first-order chi connectivity index (χ1) is 16.7. The second-order valence-electron chi connectivity index (χ2n) is 8.26. The molecule has 0 spiro atoms. The molecule has 1 aliphatic rings. The number of anilines is 4. The summed E-state index contributed by atoms with van der Waals surface area (Å²) in [6.07, 6.45) is 0.448. The van der Waals surface area contributed by atoms with Crippen molar-refractivity contribution in [3.8, 4) is 11.6 Å². The Bertz CT molecular complexity index is 1230. The lowest BCUT2D eigenvalue weighted by molar-refractivity contribution is 0.0996. The third-order valence-electron chi connectivity index (χ3n) is 5.76. The topological polar surface area (TPSA) is 123 Å². The van der Waals surface area contributed by atoms with Gasteiger partial charge in [0.2, 0.25) is 5.88 Å². The van der Waals surface area contributed by atoms with Gasteiger partial charge in [-0.1, -0.05) is 30.1 Å². The summed E-state index contributed by atoms with van der Waals surface area (Å²) in [7, 11) is 2.12. The van der Waals surface area contributed by atoms with Crippen LogP contribution in [-0.4, -0.2) is 54.0 Å². The van der Waals surface area contributed by atoms with E-state index < -0.39 is 5.91 Å². The van der Waals surface area contributed by atoms with Crippen molar-refractivity contribution in [1.29, 1.82) is 0 Å². The van der Waals surface area contributed by atoms with Crippen LogP contribution in [0.5, 0.6) is 11.6 Å². The Morgan fingerprint density at radius 2 is 1.77 bits per heavy atom. The number of nitrogens with two attached hydrogens (primary N) is 2. The van der Waals surface area contributed by atoms with Crippen molar-refractivity contribution < 1.29 is 9.53 Å². The lowest BCUT2D eigenvalue weighted by Crippen LogP contribution is -2.44. The van der Waals surface area contributed by atoms with Gasteiger partial charge in [-0.15, -0.1) is 0 Å². The van der Waals surface area contributed by atoms with Crippen molar-refractivity contribution in [1.82, 2.24) is 14.9 Å². The minimum atomic E-state index is -0.705. The van der Waals surface area contributed by atoms with E-state index in [1.807, 2.05) is 31.2 Å². The van der Waals surface area contributed by atoms with E-state index in [1.165, 1.54) is 12.1 Å². The van der Waals surface area contributed by atoms with Crippen molar-refractivity contribution in [3.05, 3.63) is 57.8 Å². The quantitative estimate of drug-likeness (QED) is 0.397. The standard InChI is InChI=1S/C24H27Cl2N7O2/c1-3-19-24(35-20-13-18(27)16(25)12-17(20)26)31-23(21(30-19)22(28)34)29-14-4-6-15(7-5-14)33-10-8-32(2)9-11-33/h4-7,12-13H,3,8-11,27H2,1-2H3,(H2,28,34)(H,29,31). The molecule has 4 rings (SSSR count). The Morgan fingerprint density at radius 1 is 1.09 bits per heavy atom. The molecule has 0 radical (unpaired) electrons. The number of piperazine rings is 1. The van der Waals surface area contributed by atoms with E-state index >= 15 is 0 Å². The van der Waals surface area contributed by atoms with Crippen LogP contribution in [0.15, 0.2) is 36.4 Å². The molecule has 0 bridgehead atoms. The first kappa shape index (κ1) is 24.8. The number of carbonyl (C=O) groups is 1. The Balaban J connectivity index is 1.62. The number of rotatable bonds is 7. The summed E-state index contributed by atoms with van der Waals surface area (Å²) in [6, 6.07) is 10.9. The van der Waals surface area contributed by atoms with Crippen LogP contribution in [0.25, 0.3) is 0 Å². The molecule has 1 fully saturated rings. The van der Waals surface area contributed by atoms with Gasteiger partial charge in [-0.3, -0.25) is 4.79 Å². The molecular formula is C24H27Cl2N7O2. The molecule has 0 aliphatic carbocycles. The van der Waals surface area contributed by atoms with Gasteiger partial charge in [0.25, 0.3) is 5.91 Å². The largest absolute Gasteiger partial charge is 0.436 e. The van der Waals surface area contributed by atoms with Crippen LogP contribution in [0, 0.1) is 0 Å². The molecule has 1 aliphatic heterocycles. The highest BCUT2D eigenvalue weighted by Crippen LogP contribution is 2.36. The number of benzene rings is 2. The summed E-state index contributed by atoms with van der Waals surface area (Å²) in [5, 5.41) is 3.72. The van der Waals surface area contributed by atoms with Gasteiger partial charge in [0.15, 0.2) is 11.5 Å². The molecule has 1 saturated heterocycles. The van der Waals surface area contributed by atoms with Crippen molar-refractivity contribution in [3.63, 3.8) is 0 Å². The van der Waals surface area contributed by atoms with Crippen LogP contribution in [0.2, 0.25) is 10.0 Å². The highest BCUT2D eigenvalue weighted by Gasteiger charge is 2.20. The number of carbonyl (C=O) groups excluding carboxylic acids is 1. The average molecular weight is 516 g/mol. The number of aromatic nitrogens is 2. The normalized spacial score (nSPS) is 14.1. The van der Waals surface area contributed by atoms with Crippen molar-refractivity contribution in [2.24, 2.45) is 5.73 Å². The second kappa shape index (κ2) is 10.6. The number of hydrogen-bond acceptors (Lipinski definition) is 8. The molecule has 184 valence electrons. The first-order valence-corrected chi connectivity index (χ1v) is 11.9. The highest BCUT2D eigenvalue weighted by molar-refractivity contribution is 6.37. The fourth-order valence-electron chi connectivity index (χ4n) is 3.71. The van der Waals surface area contributed by atoms with Crippen molar-refractivity contribution in [2.75, 3.05) is 49.2 Å². The monoisotopic (exact) mass is 515 g/mol. The maximum atomic E-state index is 12.1. The fraction of sp³-hybridized carbons (Fsp3) is 0.292. The molecule has 9 nitrogen and oxygen atoms in total. The van der Waals surface area contributed by atoms with Crippen molar-refractivity contribution in [2.45, 2.75) is 13.3 Å². The summed E-state index contributed by atoms with van der Waals surface area (Å²) in [5.41, 5.74) is 14.1. The number of hydrogen-bond donors (Lipinski definition) is 3. The van der Waals surface area contributed by atoms with Gasteiger partial charge >= 0.3 is 0 Å². The Kier molecular flexibility index (Phi) is 7.49. The lowest BCUT2D eigenvalue weighted by atomic mass is 10.2. The number of amides is 1. The van der Waals surface area contributed by atoms with Gasteiger partial charge in [0.1, 0.15) is 11.4 Å². The summed E-state index contributed by atoms with van der Waals surface area (Å²) < 4.78 is 5.94. The van der Waals surface area contributed by atoms with Crippen LogP contribution in [-0.2, 0) is 6.42 Å². The Labute approximate surface area is 214 Å². The number of nitrogen functional groups attached to an aromatic ring is 1. The number of nitrogens with zero attached hydrogens (tertiary/aromatic N) is 4. The summed E-state index contributed by atoms with van der Waals surface area (Å²) in [6.45, 7) is 5.85. The summed E-state index contributed by atoms with van der Waals surface area (Å²) >= 11 is 12.3. The molecular weight excluding hydrogens is 489 g/mol. The molecule has 0 unspecified atom stereocenters. The number of halogens is 2. The zero-order valence-corrected chi connectivity index (χ0v) is 21.0. The minimum absolute atomic E-state index is 0.0130. The second-order valence-corrected chi connectivity index (χ2v) is 9.07. The van der Waals surface area contributed by atoms with Crippen LogP contribution >= 0.6 is 23.2 Å². The van der Waals surface area contributed by atoms with E-state index in [4.69, 9.17) is 39.4 Å². The molecule has 2 aromatic carbocycles. The Morgan fingerprint density at radius 3 is 2.40 bits per heavy atom. The molecule has 5 N–H and O–H groups in total. The van der Waals surface area contributed by atoms with Crippen molar-refractivity contribution >= 4 is 52.0 Å². The molecule has 0 atom stereocenters. The van der Waals surface area contributed by atoms with Gasteiger partial charge in [-0.25, -0.2) is 4.98 Å². The van der Waals surface area contributed by atoms with Gasteiger partial charge in [-0.05, 0) is 43.8 Å². The van der Waals surface area contributed by atoms with E-state index in [9.17, 15) is 4.79 Å². The number of primary amides is 1. The van der Waals surface area contributed by atoms with Crippen LogP contribution in [0.3, 0.4) is 0 Å². The number of aryl methyl sites for hydroxylation is 1. The van der Waals surface area contributed by atoms with E-state index in [0.29, 0.717) is 22.8 Å². The molecule has 11 heteroatoms. The SMILES string of the molecule is CCc1nc(C(N)=O)c(Nc2ccc(N3CCN(C)CC3)cc2)nc1Oc1cc(N)c(Cl)cc1Cl. The molecule has 1 aromatic heterocycles. The molecule has 1 amide bonds. The molecule has 2 heterocycles. The third kappa shape index (κ3) is 5.70. The number of nitrogens with one attached hydrogen (secondary N) is 1. The lowest BCUT2D eigenvalue weighted by Gasteiger charge is -2.34. The smallest absolute Gasteiger partial charge is 0.271 e. The highest BCUT2D eigenvalue weighted by atomic mass is 35.5. The van der Waals surface area contributed by atoms with Gasteiger partial charge < -0.3 is 31.3 Å². The van der Waals surface area contributed by atoms with Gasteiger partial charge in [0.05, 0.1) is 15.7 Å². The van der Waals surface area contributed by atoms with Crippen LogP contribution in [0.1, 0.15) is 23.1 Å². The maximum Gasteiger partial charge on any atom is 0.271 e. The predicted molar refractivity (Wildman–Crippen MR) is 140 cm³/mol. The zero-order chi connectivity index (χ0) is 25.1. The minimum Gasteiger partial charge on any atom is -0.436 e. The first-order valence-electron chi connectivity index (χ1n) is 11.2. The third-order valence-corrected chi connectivity index (χ3v) is 6.38. The predicted octanol–water partition coefficient (Wildman–Crippen LogP) is 4.31. The Hall–Kier alpha value is -3.27. The summed E-state index contributed by atoms with van der Waals surface area (Å²) in [4.78, 5) is 25.7. The van der Waals surface area contributed by atoms with E-state index in [0.717, 1.165) is 37.6 Å². The fourth-order valence-corrected chi connectivity index (χ4v) is 4.13. The molecule has 0 saturated carbocycles. The summed E-state index contributed by atoms with van der Waals surface area (Å²) in [5.74, 6) is -0.0799.